The summed E-state index contributed by atoms with van der Waals surface area (Å²) in [6, 6.07) is 6.48. The SMILES string of the molecule is O=C(O)Cc1cccc(NC(=O)CC23CCCCC2C3(F)F)c1. The van der Waals surface area contributed by atoms with Crippen LogP contribution in [0.5, 0.6) is 0 Å². The van der Waals surface area contributed by atoms with Crippen LogP contribution >= 0.6 is 0 Å². The monoisotopic (exact) mass is 323 g/mol. The van der Waals surface area contributed by atoms with E-state index in [1.165, 1.54) is 0 Å². The lowest BCUT2D eigenvalue weighted by molar-refractivity contribution is -0.136. The van der Waals surface area contributed by atoms with Gasteiger partial charge in [0.25, 0.3) is 5.92 Å². The van der Waals surface area contributed by atoms with Crippen molar-refractivity contribution in [1.29, 1.82) is 0 Å². The minimum atomic E-state index is -2.73. The summed E-state index contributed by atoms with van der Waals surface area (Å²) in [5.74, 6) is -4.78. The molecule has 4 nitrogen and oxygen atoms in total. The summed E-state index contributed by atoms with van der Waals surface area (Å²) < 4.78 is 28.0. The van der Waals surface area contributed by atoms with Crippen LogP contribution in [-0.4, -0.2) is 22.9 Å². The Morgan fingerprint density at radius 1 is 1.30 bits per heavy atom. The Kier molecular flexibility index (Phi) is 3.86. The summed E-state index contributed by atoms with van der Waals surface area (Å²) in [5.41, 5.74) is -0.157. The summed E-state index contributed by atoms with van der Waals surface area (Å²) in [6.07, 6.45) is 2.13. The Morgan fingerprint density at radius 3 is 2.78 bits per heavy atom. The molecule has 2 N–H and O–H groups in total. The number of halogens is 2. The van der Waals surface area contributed by atoms with Gasteiger partial charge in [-0.05, 0) is 30.5 Å². The molecule has 2 aliphatic carbocycles. The van der Waals surface area contributed by atoms with Crippen molar-refractivity contribution in [2.24, 2.45) is 11.3 Å². The van der Waals surface area contributed by atoms with Gasteiger partial charge in [-0.2, -0.15) is 0 Å². The second kappa shape index (κ2) is 5.58. The van der Waals surface area contributed by atoms with E-state index in [9.17, 15) is 18.4 Å². The number of fused-ring (bicyclic) bond motifs is 1. The maximum absolute atomic E-state index is 14.0. The Bertz CT molecular complexity index is 646. The molecular formula is C17H19F2NO3. The fourth-order valence-corrected chi connectivity index (χ4v) is 3.93. The first-order chi connectivity index (χ1) is 10.8. The van der Waals surface area contributed by atoms with Gasteiger partial charge in [-0.15, -0.1) is 0 Å². The van der Waals surface area contributed by atoms with E-state index in [0.717, 1.165) is 12.8 Å². The van der Waals surface area contributed by atoms with Crippen molar-refractivity contribution in [3.63, 3.8) is 0 Å². The number of aliphatic carboxylic acids is 1. The lowest BCUT2D eigenvalue weighted by Gasteiger charge is -2.19. The average Bonchev–Trinajstić information content (AvgIpc) is 2.94. The standard InChI is InChI=1S/C17H19F2NO3/c18-17(19)13-6-1-2-7-16(13,17)10-14(21)20-12-5-3-4-11(8-12)9-15(22)23/h3-5,8,13H,1-2,6-7,9-10H2,(H,20,21)(H,22,23). The van der Waals surface area contributed by atoms with Crippen LogP contribution in [0.3, 0.4) is 0 Å². The molecule has 1 aromatic rings. The third-order valence-electron chi connectivity index (χ3n) is 5.09. The molecule has 124 valence electrons. The topological polar surface area (TPSA) is 66.4 Å². The van der Waals surface area contributed by atoms with Gasteiger partial charge in [-0.25, -0.2) is 8.78 Å². The van der Waals surface area contributed by atoms with Crippen molar-refractivity contribution >= 4 is 17.6 Å². The van der Waals surface area contributed by atoms with Crippen LogP contribution in [0.15, 0.2) is 24.3 Å². The van der Waals surface area contributed by atoms with Crippen LogP contribution in [0.1, 0.15) is 37.7 Å². The maximum atomic E-state index is 14.0. The molecule has 0 heterocycles. The molecule has 0 spiro atoms. The number of hydrogen-bond acceptors (Lipinski definition) is 2. The van der Waals surface area contributed by atoms with E-state index in [1.54, 1.807) is 24.3 Å². The maximum Gasteiger partial charge on any atom is 0.307 e. The lowest BCUT2D eigenvalue weighted by Crippen LogP contribution is -2.23. The summed E-state index contributed by atoms with van der Waals surface area (Å²) in [6.45, 7) is 0. The predicted molar refractivity (Wildman–Crippen MR) is 80.4 cm³/mol. The highest BCUT2D eigenvalue weighted by molar-refractivity contribution is 5.92. The van der Waals surface area contributed by atoms with Crippen LogP contribution in [0.25, 0.3) is 0 Å². The summed E-state index contributed by atoms with van der Waals surface area (Å²) in [4.78, 5) is 22.9. The second-order valence-corrected chi connectivity index (χ2v) is 6.57. The van der Waals surface area contributed by atoms with E-state index < -0.39 is 29.1 Å². The highest BCUT2D eigenvalue weighted by Gasteiger charge is 2.80. The Balaban J connectivity index is 1.65. The van der Waals surface area contributed by atoms with E-state index in [0.29, 0.717) is 24.1 Å². The van der Waals surface area contributed by atoms with Crippen molar-refractivity contribution in [3.8, 4) is 0 Å². The van der Waals surface area contributed by atoms with Crippen LogP contribution < -0.4 is 5.32 Å². The van der Waals surface area contributed by atoms with Crippen LogP contribution in [0, 0.1) is 11.3 Å². The highest BCUT2D eigenvalue weighted by atomic mass is 19.3. The number of carboxylic acid groups (broad SMARTS) is 1. The molecule has 2 unspecified atom stereocenters. The van der Waals surface area contributed by atoms with E-state index in [1.807, 2.05) is 0 Å². The summed E-state index contributed by atoms with van der Waals surface area (Å²) in [5, 5.41) is 11.4. The third-order valence-corrected chi connectivity index (χ3v) is 5.09. The van der Waals surface area contributed by atoms with Gasteiger partial charge in [0.2, 0.25) is 5.91 Å². The zero-order valence-corrected chi connectivity index (χ0v) is 12.6. The first-order valence-electron chi connectivity index (χ1n) is 7.83. The molecule has 23 heavy (non-hydrogen) atoms. The molecule has 0 saturated heterocycles. The third kappa shape index (κ3) is 2.82. The van der Waals surface area contributed by atoms with Crippen LogP contribution in [0.2, 0.25) is 0 Å². The van der Waals surface area contributed by atoms with Crippen molar-refractivity contribution < 1.29 is 23.5 Å². The normalized spacial score (nSPS) is 27.8. The van der Waals surface area contributed by atoms with Gasteiger partial charge < -0.3 is 10.4 Å². The average molecular weight is 323 g/mol. The Hall–Kier alpha value is -1.98. The Labute approximate surface area is 132 Å². The van der Waals surface area contributed by atoms with Gasteiger partial charge in [0.15, 0.2) is 0 Å². The summed E-state index contributed by atoms with van der Waals surface area (Å²) >= 11 is 0. The summed E-state index contributed by atoms with van der Waals surface area (Å²) in [7, 11) is 0. The van der Waals surface area contributed by atoms with Gasteiger partial charge in [0, 0.05) is 18.0 Å². The number of anilines is 1. The van der Waals surface area contributed by atoms with Crippen molar-refractivity contribution in [2.45, 2.75) is 44.4 Å². The first kappa shape index (κ1) is 15.9. The fourth-order valence-electron chi connectivity index (χ4n) is 3.93. The number of hydrogen-bond donors (Lipinski definition) is 2. The van der Waals surface area contributed by atoms with E-state index in [2.05, 4.69) is 5.32 Å². The molecule has 0 aromatic heterocycles. The lowest BCUT2D eigenvalue weighted by atomic mass is 9.85. The van der Waals surface area contributed by atoms with Crippen molar-refractivity contribution in [3.05, 3.63) is 29.8 Å². The van der Waals surface area contributed by atoms with Gasteiger partial charge in [-0.3, -0.25) is 9.59 Å². The molecule has 0 bridgehead atoms. The predicted octanol–water partition coefficient (Wildman–Crippen LogP) is 3.47. The zero-order valence-electron chi connectivity index (χ0n) is 12.6. The molecule has 2 atom stereocenters. The molecule has 2 saturated carbocycles. The highest BCUT2D eigenvalue weighted by Crippen LogP contribution is 2.73. The second-order valence-electron chi connectivity index (χ2n) is 6.57. The van der Waals surface area contributed by atoms with E-state index in [4.69, 9.17) is 5.11 Å². The smallest absolute Gasteiger partial charge is 0.307 e. The number of benzene rings is 1. The number of carboxylic acids is 1. The molecule has 6 heteroatoms. The fraction of sp³-hybridized carbons (Fsp3) is 0.529. The minimum Gasteiger partial charge on any atom is -0.481 e. The Morgan fingerprint density at radius 2 is 2.09 bits per heavy atom. The van der Waals surface area contributed by atoms with Gasteiger partial charge in [0.1, 0.15) is 0 Å². The van der Waals surface area contributed by atoms with Crippen LogP contribution in [-0.2, 0) is 16.0 Å². The van der Waals surface area contributed by atoms with Gasteiger partial charge >= 0.3 is 5.97 Å². The molecule has 3 rings (SSSR count). The molecule has 0 radical (unpaired) electrons. The number of carbonyl (C=O) groups is 2. The number of amides is 1. The van der Waals surface area contributed by atoms with E-state index in [-0.39, 0.29) is 12.8 Å². The first-order valence-corrected chi connectivity index (χ1v) is 7.83. The largest absolute Gasteiger partial charge is 0.481 e. The van der Waals surface area contributed by atoms with Gasteiger partial charge in [0.05, 0.1) is 11.8 Å². The molecule has 1 aromatic carbocycles. The van der Waals surface area contributed by atoms with Gasteiger partial charge in [-0.1, -0.05) is 25.0 Å². The zero-order chi connectivity index (χ0) is 16.7. The number of rotatable bonds is 5. The molecule has 2 fully saturated rings. The van der Waals surface area contributed by atoms with Crippen molar-refractivity contribution in [2.75, 3.05) is 5.32 Å². The van der Waals surface area contributed by atoms with Crippen LogP contribution in [0.4, 0.5) is 14.5 Å². The quantitative estimate of drug-likeness (QED) is 0.872. The molecular weight excluding hydrogens is 304 g/mol. The number of nitrogens with one attached hydrogen (secondary N) is 1. The molecule has 1 amide bonds. The molecule has 0 aliphatic heterocycles. The molecule has 2 aliphatic rings. The van der Waals surface area contributed by atoms with E-state index >= 15 is 0 Å². The number of carbonyl (C=O) groups excluding carboxylic acids is 1. The number of alkyl halides is 2. The van der Waals surface area contributed by atoms with Crippen molar-refractivity contribution in [1.82, 2.24) is 0 Å². The minimum absolute atomic E-state index is 0.145.